The molecule has 0 fully saturated rings. The largest absolute Gasteiger partial charge is 0.339 e. The summed E-state index contributed by atoms with van der Waals surface area (Å²) in [7, 11) is 0. The molecule has 0 saturated carbocycles. The van der Waals surface area contributed by atoms with E-state index in [1.165, 1.54) is 0 Å². The quantitative estimate of drug-likeness (QED) is 0.659. The smallest absolute Gasteiger partial charge is 0.319 e. The molecule has 7 nitrogen and oxygen atoms in total. The number of anilines is 1. The second kappa shape index (κ2) is 8.93. The monoisotopic (exact) mass is 365 g/mol. The number of urea groups is 1. The summed E-state index contributed by atoms with van der Waals surface area (Å²) in [4.78, 5) is 20.7. The van der Waals surface area contributed by atoms with E-state index < -0.39 is 0 Å². The van der Waals surface area contributed by atoms with E-state index >= 15 is 0 Å². The molecule has 140 valence electrons. The molecule has 0 bridgehead atoms. The van der Waals surface area contributed by atoms with Gasteiger partial charge in [0.2, 0.25) is 11.7 Å². The lowest BCUT2D eigenvalue weighted by Gasteiger charge is -2.16. The first kappa shape index (κ1) is 18.6. The minimum absolute atomic E-state index is 0.163. The van der Waals surface area contributed by atoms with Crippen LogP contribution in [0.3, 0.4) is 0 Å². The highest BCUT2D eigenvalue weighted by Gasteiger charge is 2.14. The molecule has 1 aromatic carbocycles. The standard InChI is InChI=1S/C20H23N5O2/c1-3-16(4-2)22-20(26)23-17-8-6-5-7-15(17)13-18-24-19(25-27-18)14-9-11-21-12-10-14/h5-12,16H,3-4,13H2,1-2H3,(H2,22,23,26). The maximum absolute atomic E-state index is 12.3. The van der Waals surface area contributed by atoms with Gasteiger partial charge in [0.05, 0.1) is 6.42 Å². The second-order valence-electron chi connectivity index (χ2n) is 6.19. The van der Waals surface area contributed by atoms with Gasteiger partial charge in [-0.15, -0.1) is 0 Å². The molecule has 3 rings (SSSR count). The van der Waals surface area contributed by atoms with E-state index in [1.807, 2.05) is 36.4 Å². The van der Waals surface area contributed by atoms with E-state index in [4.69, 9.17) is 4.52 Å². The molecule has 2 heterocycles. The van der Waals surface area contributed by atoms with Gasteiger partial charge in [0.15, 0.2) is 0 Å². The van der Waals surface area contributed by atoms with Crippen LogP contribution < -0.4 is 10.6 Å². The molecule has 0 atom stereocenters. The Hall–Kier alpha value is -3.22. The highest BCUT2D eigenvalue weighted by Crippen LogP contribution is 2.20. The summed E-state index contributed by atoms with van der Waals surface area (Å²) >= 11 is 0. The van der Waals surface area contributed by atoms with Crippen LogP contribution in [0.2, 0.25) is 0 Å². The van der Waals surface area contributed by atoms with Crippen molar-refractivity contribution < 1.29 is 9.32 Å². The second-order valence-corrected chi connectivity index (χ2v) is 6.19. The lowest BCUT2D eigenvalue weighted by molar-refractivity contribution is 0.247. The van der Waals surface area contributed by atoms with Gasteiger partial charge in [-0.05, 0) is 36.6 Å². The Morgan fingerprint density at radius 3 is 2.59 bits per heavy atom. The average molecular weight is 365 g/mol. The normalized spacial score (nSPS) is 10.8. The molecule has 2 amide bonds. The molecular weight excluding hydrogens is 342 g/mol. The molecule has 0 aliphatic rings. The Bertz CT molecular complexity index is 875. The van der Waals surface area contributed by atoms with E-state index in [1.54, 1.807) is 12.4 Å². The molecule has 0 saturated heterocycles. The summed E-state index contributed by atoms with van der Waals surface area (Å²) in [6.45, 7) is 4.11. The van der Waals surface area contributed by atoms with Crippen molar-refractivity contribution in [3.05, 3.63) is 60.2 Å². The Morgan fingerprint density at radius 2 is 1.85 bits per heavy atom. The van der Waals surface area contributed by atoms with Crippen LogP contribution in [0.1, 0.15) is 38.1 Å². The molecule has 0 aliphatic carbocycles. The average Bonchev–Trinajstić information content (AvgIpc) is 3.17. The van der Waals surface area contributed by atoms with Crippen LogP contribution in [0, 0.1) is 0 Å². The zero-order valence-corrected chi connectivity index (χ0v) is 15.5. The summed E-state index contributed by atoms with van der Waals surface area (Å²) in [5.41, 5.74) is 2.47. The first-order valence-corrected chi connectivity index (χ1v) is 9.08. The van der Waals surface area contributed by atoms with Crippen LogP contribution in [0.4, 0.5) is 10.5 Å². The SMILES string of the molecule is CCC(CC)NC(=O)Nc1ccccc1Cc1nc(-c2ccncc2)no1. The Labute approximate surface area is 158 Å². The van der Waals surface area contributed by atoms with Crippen molar-refractivity contribution in [2.45, 2.75) is 39.2 Å². The van der Waals surface area contributed by atoms with Crippen LogP contribution in [0.25, 0.3) is 11.4 Å². The van der Waals surface area contributed by atoms with Crippen molar-refractivity contribution in [3.63, 3.8) is 0 Å². The van der Waals surface area contributed by atoms with Crippen molar-refractivity contribution in [1.82, 2.24) is 20.4 Å². The fourth-order valence-electron chi connectivity index (χ4n) is 2.74. The number of aromatic nitrogens is 3. The molecule has 2 aromatic heterocycles. The van der Waals surface area contributed by atoms with E-state index in [0.29, 0.717) is 18.1 Å². The van der Waals surface area contributed by atoms with Gasteiger partial charge in [-0.2, -0.15) is 4.98 Å². The van der Waals surface area contributed by atoms with Crippen molar-refractivity contribution in [2.24, 2.45) is 0 Å². The third-order valence-electron chi connectivity index (χ3n) is 4.33. The predicted molar refractivity (Wildman–Crippen MR) is 103 cm³/mol. The molecule has 27 heavy (non-hydrogen) atoms. The lowest BCUT2D eigenvalue weighted by Crippen LogP contribution is -2.37. The maximum atomic E-state index is 12.3. The number of amides is 2. The fraction of sp³-hybridized carbons (Fsp3) is 0.300. The molecule has 0 spiro atoms. The van der Waals surface area contributed by atoms with E-state index in [2.05, 4.69) is 39.6 Å². The topological polar surface area (TPSA) is 92.9 Å². The van der Waals surface area contributed by atoms with Crippen molar-refractivity contribution in [3.8, 4) is 11.4 Å². The number of hydrogen-bond acceptors (Lipinski definition) is 5. The van der Waals surface area contributed by atoms with Crippen LogP contribution >= 0.6 is 0 Å². The summed E-state index contributed by atoms with van der Waals surface area (Å²) in [5, 5.41) is 9.92. The summed E-state index contributed by atoms with van der Waals surface area (Å²) in [6.07, 6.45) is 5.59. The van der Waals surface area contributed by atoms with Crippen LogP contribution in [-0.2, 0) is 6.42 Å². The summed E-state index contributed by atoms with van der Waals surface area (Å²) < 4.78 is 5.37. The molecule has 2 N–H and O–H groups in total. The van der Waals surface area contributed by atoms with Gasteiger partial charge in [0.25, 0.3) is 0 Å². The summed E-state index contributed by atoms with van der Waals surface area (Å²) in [5.74, 6) is 1.00. The van der Waals surface area contributed by atoms with Crippen molar-refractivity contribution >= 4 is 11.7 Å². The van der Waals surface area contributed by atoms with Crippen molar-refractivity contribution in [1.29, 1.82) is 0 Å². The number of hydrogen-bond donors (Lipinski definition) is 2. The molecular formula is C20H23N5O2. The highest BCUT2D eigenvalue weighted by molar-refractivity contribution is 5.90. The number of nitrogens with one attached hydrogen (secondary N) is 2. The van der Waals surface area contributed by atoms with Crippen molar-refractivity contribution in [2.75, 3.05) is 5.32 Å². The zero-order chi connectivity index (χ0) is 19.1. The number of rotatable bonds is 7. The molecule has 7 heteroatoms. The zero-order valence-electron chi connectivity index (χ0n) is 15.5. The number of benzene rings is 1. The number of carbonyl (C=O) groups is 1. The molecule has 3 aromatic rings. The number of nitrogens with zero attached hydrogens (tertiary/aromatic N) is 3. The van der Waals surface area contributed by atoms with Crippen LogP contribution in [0.15, 0.2) is 53.3 Å². The van der Waals surface area contributed by atoms with E-state index in [9.17, 15) is 4.79 Å². The Balaban J connectivity index is 1.71. The number of carbonyl (C=O) groups excluding carboxylic acids is 1. The molecule has 0 radical (unpaired) electrons. The van der Waals surface area contributed by atoms with Crippen LogP contribution in [0.5, 0.6) is 0 Å². The minimum Gasteiger partial charge on any atom is -0.339 e. The number of pyridine rings is 1. The van der Waals surface area contributed by atoms with Crippen LogP contribution in [-0.4, -0.2) is 27.2 Å². The first-order chi connectivity index (χ1) is 13.2. The van der Waals surface area contributed by atoms with E-state index in [0.717, 1.165) is 29.7 Å². The molecule has 0 unspecified atom stereocenters. The Morgan fingerprint density at radius 1 is 1.11 bits per heavy atom. The Kier molecular flexibility index (Phi) is 6.14. The minimum atomic E-state index is -0.209. The third-order valence-corrected chi connectivity index (χ3v) is 4.33. The predicted octanol–water partition coefficient (Wildman–Crippen LogP) is 4.03. The first-order valence-electron chi connectivity index (χ1n) is 9.08. The van der Waals surface area contributed by atoms with Gasteiger partial charge in [-0.3, -0.25) is 4.98 Å². The van der Waals surface area contributed by atoms with Gasteiger partial charge >= 0.3 is 6.03 Å². The molecule has 0 aliphatic heterocycles. The van der Waals surface area contributed by atoms with Gasteiger partial charge in [-0.25, -0.2) is 4.79 Å². The lowest BCUT2D eigenvalue weighted by atomic mass is 10.1. The third kappa shape index (κ3) is 4.91. The van der Waals surface area contributed by atoms with Gasteiger partial charge < -0.3 is 15.2 Å². The summed E-state index contributed by atoms with van der Waals surface area (Å²) in [6, 6.07) is 11.2. The number of para-hydroxylation sites is 1. The van der Waals surface area contributed by atoms with E-state index in [-0.39, 0.29) is 12.1 Å². The highest BCUT2D eigenvalue weighted by atomic mass is 16.5. The maximum Gasteiger partial charge on any atom is 0.319 e. The van der Waals surface area contributed by atoms with Gasteiger partial charge in [0, 0.05) is 29.7 Å². The fourth-order valence-corrected chi connectivity index (χ4v) is 2.74. The van der Waals surface area contributed by atoms with Gasteiger partial charge in [0.1, 0.15) is 0 Å². The van der Waals surface area contributed by atoms with Gasteiger partial charge in [-0.1, -0.05) is 37.2 Å².